The summed E-state index contributed by atoms with van der Waals surface area (Å²) in [7, 11) is 0. The van der Waals surface area contributed by atoms with E-state index in [-0.39, 0.29) is 6.04 Å². The first-order valence-corrected chi connectivity index (χ1v) is 4.95. The summed E-state index contributed by atoms with van der Waals surface area (Å²) in [6.45, 7) is 2.00. The van der Waals surface area contributed by atoms with Crippen LogP contribution >= 0.6 is 0 Å². The van der Waals surface area contributed by atoms with Crippen molar-refractivity contribution in [2.45, 2.75) is 38.7 Å². The molecule has 7 heteroatoms. The summed E-state index contributed by atoms with van der Waals surface area (Å²) in [5, 5.41) is 4.51. The molecule has 0 aliphatic heterocycles. The van der Waals surface area contributed by atoms with E-state index in [1.807, 2.05) is 12.2 Å². The average molecular weight is 244 g/mol. The molecule has 0 aromatic rings. The summed E-state index contributed by atoms with van der Waals surface area (Å²) < 4.78 is 48.2. The molecule has 0 saturated heterocycles. The van der Waals surface area contributed by atoms with Gasteiger partial charge in [0.15, 0.2) is 0 Å². The lowest BCUT2D eigenvalue weighted by Gasteiger charge is -2.16. The van der Waals surface area contributed by atoms with Crippen LogP contribution in [-0.2, 0) is 4.79 Å². The van der Waals surface area contributed by atoms with E-state index < -0.39 is 31.3 Å². The van der Waals surface area contributed by atoms with Crippen molar-refractivity contribution in [2.24, 2.45) is 0 Å². The van der Waals surface area contributed by atoms with Gasteiger partial charge in [0.2, 0.25) is 5.91 Å². The average Bonchev–Trinajstić information content (AvgIpc) is 2.16. The molecule has 16 heavy (non-hydrogen) atoms. The van der Waals surface area contributed by atoms with Crippen LogP contribution in [0.2, 0.25) is 0 Å². The van der Waals surface area contributed by atoms with Crippen LogP contribution in [-0.4, -0.2) is 37.4 Å². The van der Waals surface area contributed by atoms with E-state index in [1.54, 1.807) is 6.92 Å². The number of carbonyl (C=O) groups excluding carboxylic acids is 1. The summed E-state index contributed by atoms with van der Waals surface area (Å²) in [6, 6.07) is -0.0649. The molecule has 0 aliphatic rings. The van der Waals surface area contributed by atoms with Gasteiger partial charge in [0.1, 0.15) is 0 Å². The molecule has 0 saturated carbocycles. The van der Waals surface area contributed by atoms with E-state index in [2.05, 4.69) is 5.32 Å². The van der Waals surface area contributed by atoms with Crippen LogP contribution in [0, 0.1) is 0 Å². The van der Waals surface area contributed by atoms with Crippen molar-refractivity contribution in [1.82, 2.24) is 10.6 Å². The standard InChI is InChI=1S/C9H16F4N2O/c1-3-6(2)15-7(16)4-14-5-9(12,13)8(10)11/h6,8,14H,3-5H2,1-2H3,(H,15,16). The lowest BCUT2D eigenvalue weighted by Crippen LogP contribution is -2.44. The number of amides is 1. The van der Waals surface area contributed by atoms with Crippen LogP contribution in [0.5, 0.6) is 0 Å². The van der Waals surface area contributed by atoms with Crippen LogP contribution in [0.1, 0.15) is 20.3 Å². The molecule has 0 bridgehead atoms. The smallest absolute Gasteiger partial charge is 0.319 e. The molecule has 0 rings (SSSR count). The molecule has 2 N–H and O–H groups in total. The zero-order valence-electron chi connectivity index (χ0n) is 9.20. The summed E-state index contributed by atoms with van der Waals surface area (Å²) in [5.74, 6) is -4.59. The molecule has 0 aromatic carbocycles. The van der Waals surface area contributed by atoms with Gasteiger partial charge in [-0.25, -0.2) is 8.78 Å². The van der Waals surface area contributed by atoms with Crippen molar-refractivity contribution in [3.8, 4) is 0 Å². The highest BCUT2D eigenvalue weighted by atomic mass is 19.3. The van der Waals surface area contributed by atoms with Gasteiger partial charge >= 0.3 is 12.3 Å². The van der Waals surface area contributed by atoms with Crippen LogP contribution < -0.4 is 10.6 Å². The van der Waals surface area contributed by atoms with Crippen molar-refractivity contribution in [2.75, 3.05) is 13.1 Å². The molecule has 0 fully saturated rings. The predicted molar refractivity (Wildman–Crippen MR) is 51.7 cm³/mol. The normalized spacial score (nSPS) is 13.9. The van der Waals surface area contributed by atoms with Crippen LogP contribution in [0.3, 0.4) is 0 Å². The molecule has 0 spiro atoms. The zero-order valence-corrected chi connectivity index (χ0v) is 9.20. The van der Waals surface area contributed by atoms with E-state index in [0.29, 0.717) is 6.42 Å². The highest BCUT2D eigenvalue weighted by molar-refractivity contribution is 5.78. The Labute approximate surface area is 91.6 Å². The minimum Gasteiger partial charge on any atom is -0.353 e. The Balaban J connectivity index is 3.78. The van der Waals surface area contributed by atoms with E-state index >= 15 is 0 Å². The molecule has 0 aromatic heterocycles. The van der Waals surface area contributed by atoms with Gasteiger partial charge in [0.25, 0.3) is 0 Å². The highest BCUT2D eigenvalue weighted by Crippen LogP contribution is 2.21. The summed E-state index contributed by atoms with van der Waals surface area (Å²) in [6.07, 6.45) is -3.02. The Hall–Kier alpha value is -0.850. The first-order valence-electron chi connectivity index (χ1n) is 4.95. The van der Waals surface area contributed by atoms with Crippen LogP contribution in [0.4, 0.5) is 17.6 Å². The van der Waals surface area contributed by atoms with Crippen molar-refractivity contribution >= 4 is 5.91 Å². The number of hydrogen-bond acceptors (Lipinski definition) is 2. The Kier molecular flexibility index (Phi) is 6.32. The van der Waals surface area contributed by atoms with Crippen molar-refractivity contribution < 1.29 is 22.4 Å². The Morgan fingerprint density at radius 1 is 1.38 bits per heavy atom. The van der Waals surface area contributed by atoms with E-state index in [0.717, 1.165) is 0 Å². The fourth-order valence-electron chi connectivity index (χ4n) is 0.848. The number of rotatable bonds is 7. The fraction of sp³-hybridized carbons (Fsp3) is 0.889. The quantitative estimate of drug-likeness (QED) is 0.664. The Bertz CT molecular complexity index is 224. The third-order valence-electron chi connectivity index (χ3n) is 1.99. The van der Waals surface area contributed by atoms with Crippen molar-refractivity contribution in [3.63, 3.8) is 0 Å². The molecular weight excluding hydrogens is 228 g/mol. The molecule has 1 atom stereocenters. The third-order valence-corrected chi connectivity index (χ3v) is 1.99. The Morgan fingerprint density at radius 2 is 1.94 bits per heavy atom. The summed E-state index contributed by atoms with van der Waals surface area (Å²) in [5.41, 5.74) is 0. The first-order chi connectivity index (χ1) is 7.29. The minimum atomic E-state index is -4.10. The summed E-state index contributed by atoms with van der Waals surface area (Å²) >= 11 is 0. The number of alkyl halides is 4. The largest absolute Gasteiger partial charge is 0.353 e. The van der Waals surface area contributed by atoms with Gasteiger partial charge in [-0.05, 0) is 13.3 Å². The number of halogens is 4. The van der Waals surface area contributed by atoms with Crippen LogP contribution in [0.25, 0.3) is 0 Å². The molecule has 0 heterocycles. The van der Waals surface area contributed by atoms with Gasteiger partial charge in [-0.2, -0.15) is 8.78 Å². The number of hydrogen-bond donors (Lipinski definition) is 2. The minimum absolute atomic E-state index is 0.0649. The SMILES string of the molecule is CCC(C)NC(=O)CNCC(F)(F)C(F)F. The second-order valence-corrected chi connectivity index (χ2v) is 3.54. The second-order valence-electron chi connectivity index (χ2n) is 3.54. The summed E-state index contributed by atoms with van der Waals surface area (Å²) in [4.78, 5) is 11.1. The Morgan fingerprint density at radius 3 is 2.38 bits per heavy atom. The zero-order chi connectivity index (χ0) is 12.8. The first kappa shape index (κ1) is 15.2. The third kappa shape index (κ3) is 5.89. The van der Waals surface area contributed by atoms with Gasteiger partial charge in [0, 0.05) is 6.04 Å². The van der Waals surface area contributed by atoms with Gasteiger partial charge in [0.05, 0.1) is 13.1 Å². The maximum absolute atomic E-state index is 12.4. The molecule has 0 aliphatic carbocycles. The van der Waals surface area contributed by atoms with Crippen molar-refractivity contribution in [1.29, 1.82) is 0 Å². The predicted octanol–water partition coefficient (Wildman–Crippen LogP) is 1.39. The number of carbonyl (C=O) groups is 1. The lowest BCUT2D eigenvalue weighted by molar-refractivity contribution is -0.128. The van der Waals surface area contributed by atoms with Crippen LogP contribution in [0.15, 0.2) is 0 Å². The number of nitrogens with one attached hydrogen (secondary N) is 2. The van der Waals surface area contributed by atoms with Gasteiger partial charge in [-0.3, -0.25) is 4.79 Å². The molecule has 0 radical (unpaired) electrons. The highest BCUT2D eigenvalue weighted by Gasteiger charge is 2.40. The van der Waals surface area contributed by atoms with E-state index in [9.17, 15) is 22.4 Å². The lowest BCUT2D eigenvalue weighted by atomic mass is 10.2. The molecule has 1 unspecified atom stereocenters. The van der Waals surface area contributed by atoms with Gasteiger partial charge in [-0.1, -0.05) is 6.92 Å². The monoisotopic (exact) mass is 244 g/mol. The van der Waals surface area contributed by atoms with Gasteiger partial charge in [-0.15, -0.1) is 0 Å². The second kappa shape index (κ2) is 6.67. The maximum atomic E-state index is 12.4. The maximum Gasteiger partial charge on any atom is 0.319 e. The topological polar surface area (TPSA) is 41.1 Å². The molecular formula is C9H16F4N2O. The van der Waals surface area contributed by atoms with E-state index in [4.69, 9.17) is 0 Å². The molecule has 1 amide bonds. The van der Waals surface area contributed by atoms with E-state index in [1.165, 1.54) is 0 Å². The molecule has 96 valence electrons. The van der Waals surface area contributed by atoms with Gasteiger partial charge < -0.3 is 10.6 Å². The molecule has 3 nitrogen and oxygen atoms in total. The van der Waals surface area contributed by atoms with Crippen molar-refractivity contribution in [3.05, 3.63) is 0 Å². The fourth-order valence-corrected chi connectivity index (χ4v) is 0.848.